The Hall–Kier alpha value is -2.66. The van der Waals surface area contributed by atoms with Gasteiger partial charge in [-0.25, -0.2) is 8.42 Å². The maximum atomic E-state index is 12.9. The van der Waals surface area contributed by atoms with E-state index in [4.69, 9.17) is 21.1 Å². The Balaban J connectivity index is 1.84. The van der Waals surface area contributed by atoms with Crippen molar-refractivity contribution in [3.05, 3.63) is 47.0 Å². The second kappa shape index (κ2) is 8.23. The van der Waals surface area contributed by atoms with Crippen LogP contribution < -0.4 is 19.1 Å². The molecule has 12 heteroatoms. The van der Waals surface area contributed by atoms with Crippen LogP contribution in [-0.2, 0) is 21.0 Å². The maximum absolute atomic E-state index is 12.9. The standard InChI is InChI=1S/C18H16ClF3N2O5S/c1-30(26,27)24(12-3-5-15-16(9-12)29-7-6-28-15)10-17(25)23-14-8-11(18(20,21)22)2-4-13(14)19/h2-5,8-9H,6-7,10H2,1H3,(H,23,25). The summed E-state index contributed by atoms with van der Waals surface area (Å²) in [6.07, 6.45) is -3.73. The molecular weight excluding hydrogens is 449 g/mol. The zero-order valence-corrected chi connectivity index (χ0v) is 17.1. The summed E-state index contributed by atoms with van der Waals surface area (Å²) in [7, 11) is -3.91. The van der Waals surface area contributed by atoms with E-state index in [-0.39, 0.29) is 23.0 Å². The van der Waals surface area contributed by atoms with Crippen LogP contribution >= 0.6 is 11.6 Å². The first kappa shape index (κ1) is 22.0. The normalized spacial score (nSPS) is 13.6. The smallest absolute Gasteiger partial charge is 0.416 e. The van der Waals surface area contributed by atoms with Crippen molar-refractivity contribution in [2.24, 2.45) is 0 Å². The lowest BCUT2D eigenvalue weighted by Crippen LogP contribution is -2.37. The van der Waals surface area contributed by atoms with Crippen LogP contribution in [0.15, 0.2) is 36.4 Å². The second-order valence-electron chi connectivity index (χ2n) is 6.34. The highest BCUT2D eigenvalue weighted by molar-refractivity contribution is 7.92. The summed E-state index contributed by atoms with van der Waals surface area (Å²) >= 11 is 5.87. The van der Waals surface area contributed by atoms with Crippen LogP contribution in [-0.4, -0.2) is 40.3 Å². The first-order chi connectivity index (χ1) is 13.9. The molecule has 2 aromatic rings. The summed E-state index contributed by atoms with van der Waals surface area (Å²) in [6, 6.07) is 6.78. The van der Waals surface area contributed by atoms with E-state index in [1.807, 2.05) is 0 Å². The van der Waals surface area contributed by atoms with Crippen molar-refractivity contribution in [2.45, 2.75) is 6.18 Å². The third kappa shape index (κ3) is 5.08. The highest BCUT2D eigenvalue weighted by Crippen LogP contribution is 2.35. The van der Waals surface area contributed by atoms with Gasteiger partial charge in [0.2, 0.25) is 15.9 Å². The quantitative estimate of drug-likeness (QED) is 0.731. The molecule has 0 fully saturated rings. The number of amides is 1. The van der Waals surface area contributed by atoms with E-state index in [2.05, 4.69) is 5.32 Å². The van der Waals surface area contributed by atoms with Gasteiger partial charge in [0.05, 0.1) is 28.2 Å². The Bertz CT molecular complexity index is 1080. The molecule has 0 spiro atoms. The van der Waals surface area contributed by atoms with Crippen LogP contribution in [0.3, 0.4) is 0 Å². The first-order valence-corrected chi connectivity index (χ1v) is 10.7. The van der Waals surface area contributed by atoms with Crippen molar-refractivity contribution in [2.75, 3.05) is 35.6 Å². The molecule has 0 atom stereocenters. The lowest BCUT2D eigenvalue weighted by Gasteiger charge is -2.25. The van der Waals surface area contributed by atoms with Crippen LogP contribution in [0.25, 0.3) is 0 Å². The molecule has 1 amide bonds. The van der Waals surface area contributed by atoms with E-state index >= 15 is 0 Å². The Morgan fingerprint density at radius 1 is 1.13 bits per heavy atom. The molecular formula is C18H16ClF3N2O5S. The van der Waals surface area contributed by atoms with Gasteiger partial charge >= 0.3 is 6.18 Å². The van der Waals surface area contributed by atoms with Crippen molar-refractivity contribution in [3.63, 3.8) is 0 Å². The lowest BCUT2D eigenvalue weighted by atomic mass is 10.2. The molecule has 0 bridgehead atoms. The van der Waals surface area contributed by atoms with E-state index < -0.39 is 34.2 Å². The molecule has 0 saturated carbocycles. The number of hydrogen-bond acceptors (Lipinski definition) is 5. The first-order valence-electron chi connectivity index (χ1n) is 8.49. The number of rotatable bonds is 5. The number of carbonyl (C=O) groups excluding carboxylic acids is 1. The number of hydrogen-bond donors (Lipinski definition) is 1. The fourth-order valence-electron chi connectivity index (χ4n) is 2.70. The van der Waals surface area contributed by atoms with Crippen LogP contribution in [0.4, 0.5) is 24.5 Å². The van der Waals surface area contributed by atoms with Gasteiger partial charge in [-0.05, 0) is 30.3 Å². The van der Waals surface area contributed by atoms with E-state index in [9.17, 15) is 26.4 Å². The summed E-state index contributed by atoms with van der Waals surface area (Å²) in [5, 5.41) is 2.10. The summed E-state index contributed by atoms with van der Waals surface area (Å²) < 4.78 is 74.8. The third-order valence-electron chi connectivity index (χ3n) is 4.07. The van der Waals surface area contributed by atoms with Gasteiger partial charge in [0, 0.05) is 6.07 Å². The molecule has 2 aromatic carbocycles. The number of benzene rings is 2. The van der Waals surface area contributed by atoms with Gasteiger partial charge in [-0.3, -0.25) is 9.10 Å². The van der Waals surface area contributed by atoms with Gasteiger partial charge in [-0.15, -0.1) is 0 Å². The molecule has 0 saturated heterocycles. The number of ether oxygens (including phenoxy) is 2. The van der Waals surface area contributed by atoms with Crippen molar-refractivity contribution >= 4 is 38.9 Å². The Morgan fingerprint density at radius 3 is 2.43 bits per heavy atom. The van der Waals surface area contributed by atoms with Crippen molar-refractivity contribution < 1.29 is 35.9 Å². The van der Waals surface area contributed by atoms with Gasteiger partial charge in [0.25, 0.3) is 0 Å². The van der Waals surface area contributed by atoms with Gasteiger partial charge in [0.15, 0.2) is 11.5 Å². The van der Waals surface area contributed by atoms with Crippen molar-refractivity contribution in [1.82, 2.24) is 0 Å². The number of fused-ring (bicyclic) bond motifs is 1. The van der Waals surface area contributed by atoms with Gasteiger partial charge < -0.3 is 14.8 Å². The summed E-state index contributed by atoms with van der Waals surface area (Å²) in [5.41, 5.74) is -1.16. The van der Waals surface area contributed by atoms with Crippen LogP contribution in [0.5, 0.6) is 11.5 Å². The van der Waals surface area contributed by atoms with E-state index in [1.165, 1.54) is 18.2 Å². The van der Waals surface area contributed by atoms with Crippen LogP contribution in [0.1, 0.15) is 5.56 Å². The highest BCUT2D eigenvalue weighted by Gasteiger charge is 2.31. The van der Waals surface area contributed by atoms with Gasteiger partial charge in [0.1, 0.15) is 19.8 Å². The average molecular weight is 465 g/mol. The molecule has 30 heavy (non-hydrogen) atoms. The number of sulfonamides is 1. The summed E-state index contributed by atoms with van der Waals surface area (Å²) in [5.74, 6) is -0.135. The number of alkyl halides is 3. The predicted molar refractivity (Wildman–Crippen MR) is 105 cm³/mol. The van der Waals surface area contributed by atoms with Gasteiger partial charge in [-0.1, -0.05) is 11.6 Å². The molecule has 7 nitrogen and oxygen atoms in total. The molecule has 1 aliphatic rings. The van der Waals surface area contributed by atoms with Crippen LogP contribution in [0, 0.1) is 0 Å². The van der Waals surface area contributed by atoms with Crippen molar-refractivity contribution in [1.29, 1.82) is 0 Å². The van der Waals surface area contributed by atoms with Crippen molar-refractivity contribution in [3.8, 4) is 11.5 Å². The average Bonchev–Trinajstić information content (AvgIpc) is 2.65. The molecule has 0 aliphatic carbocycles. The highest BCUT2D eigenvalue weighted by atomic mass is 35.5. The number of anilines is 2. The fraction of sp³-hybridized carbons (Fsp3) is 0.278. The predicted octanol–water partition coefficient (Wildman–Crippen LogP) is 3.53. The molecule has 0 unspecified atom stereocenters. The molecule has 1 aliphatic heterocycles. The Labute approximate surface area is 175 Å². The largest absolute Gasteiger partial charge is 0.486 e. The van der Waals surface area contributed by atoms with E-state index in [0.29, 0.717) is 24.2 Å². The topological polar surface area (TPSA) is 84.9 Å². The van der Waals surface area contributed by atoms with Gasteiger partial charge in [-0.2, -0.15) is 13.2 Å². The number of halogens is 4. The van der Waals surface area contributed by atoms with Crippen LogP contribution in [0.2, 0.25) is 5.02 Å². The minimum Gasteiger partial charge on any atom is -0.486 e. The SMILES string of the molecule is CS(=O)(=O)N(CC(=O)Nc1cc(C(F)(F)F)ccc1Cl)c1ccc2c(c1)OCCO2. The number of carbonyl (C=O) groups is 1. The molecule has 0 aromatic heterocycles. The van der Waals surface area contributed by atoms with E-state index in [1.54, 1.807) is 0 Å². The molecule has 1 heterocycles. The molecule has 1 N–H and O–H groups in total. The van der Waals surface area contributed by atoms with E-state index in [0.717, 1.165) is 22.7 Å². The monoisotopic (exact) mass is 464 g/mol. The number of nitrogens with one attached hydrogen (secondary N) is 1. The zero-order valence-electron chi connectivity index (χ0n) is 15.5. The Morgan fingerprint density at radius 2 is 1.80 bits per heavy atom. The molecule has 3 rings (SSSR count). The molecule has 0 radical (unpaired) electrons. The summed E-state index contributed by atoms with van der Waals surface area (Å²) in [6.45, 7) is -0.0583. The minimum absolute atomic E-state index is 0.124. The third-order valence-corrected chi connectivity index (χ3v) is 5.54. The second-order valence-corrected chi connectivity index (χ2v) is 8.65. The molecule has 162 valence electrons. The lowest BCUT2D eigenvalue weighted by molar-refractivity contribution is -0.137. The Kier molecular flexibility index (Phi) is 6.04. The fourth-order valence-corrected chi connectivity index (χ4v) is 3.72. The zero-order chi connectivity index (χ0) is 22.1. The maximum Gasteiger partial charge on any atom is 0.416 e. The minimum atomic E-state index is -4.63. The number of nitrogens with zero attached hydrogens (tertiary/aromatic N) is 1. The summed E-state index contributed by atoms with van der Waals surface area (Å²) in [4.78, 5) is 12.4.